The normalized spacial score (nSPS) is 13.9. The molecule has 1 aliphatic rings. The van der Waals surface area contributed by atoms with Gasteiger partial charge in [0.25, 0.3) is 0 Å². The Bertz CT molecular complexity index is 1160. The van der Waals surface area contributed by atoms with Gasteiger partial charge in [-0.2, -0.15) is 9.97 Å². The van der Waals surface area contributed by atoms with E-state index in [1.807, 2.05) is 0 Å². The van der Waals surface area contributed by atoms with Crippen LogP contribution in [0, 0.1) is 6.92 Å². The molecule has 29 heavy (non-hydrogen) atoms. The van der Waals surface area contributed by atoms with E-state index in [1.54, 1.807) is 31.3 Å². The van der Waals surface area contributed by atoms with Crippen molar-refractivity contribution in [3.8, 4) is 11.4 Å². The van der Waals surface area contributed by atoms with Crippen LogP contribution in [0.3, 0.4) is 0 Å². The van der Waals surface area contributed by atoms with Gasteiger partial charge in [0.05, 0.1) is 28.4 Å². The third-order valence-electron chi connectivity index (χ3n) is 4.13. The first-order chi connectivity index (χ1) is 13.8. The number of anilines is 4. The lowest BCUT2D eigenvalue weighted by Crippen LogP contribution is -2.17. The quantitative estimate of drug-likeness (QED) is 0.499. The maximum Gasteiger partial charge on any atom is 0.235 e. The highest BCUT2D eigenvalue weighted by molar-refractivity contribution is 7.93. The van der Waals surface area contributed by atoms with Crippen LogP contribution < -0.4 is 15.8 Å². The van der Waals surface area contributed by atoms with E-state index in [0.29, 0.717) is 41.6 Å². The molecule has 10 nitrogen and oxygen atoms in total. The maximum absolute atomic E-state index is 12.2. The minimum absolute atomic E-state index is 0.0573. The topological polar surface area (TPSA) is 149 Å². The molecule has 0 atom stereocenters. The zero-order valence-corrected chi connectivity index (χ0v) is 16.9. The molecule has 3 heterocycles. The average molecular weight is 433 g/mol. The van der Waals surface area contributed by atoms with Crippen LogP contribution in [0.25, 0.3) is 11.4 Å². The lowest BCUT2D eigenvalue weighted by Gasteiger charge is -2.13. The van der Waals surface area contributed by atoms with Crippen LogP contribution in [0.4, 0.5) is 23.1 Å². The van der Waals surface area contributed by atoms with E-state index in [2.05, 4.69) is 35.0 Å². The van der Waals surface area contributed by atoms with Crippen LogP contribution in [-0.2, 0) is 10.0 Å². The zero-order valence-electron chi connectivity index (χ0n) is 15.3. The van der Waals surface area contributed by atoms with E-state index < -0.39 is 10.0 Å². The van der Waals surface area contributed by atoms with Crippen LogP contribution in [0.15, 0.2) is 30.6 Å². The Labute approximate surface area is 172 Å². The lowest BCUT2D eigenvalue weighted by molar-refractivity contribution is 0.600. The molecule has 0 saturated heterocycles. The van der Waals surface area contributed by atoms with Crippen LogP contribution in [0.1, 0.15) is 18.7 Å². The van der Waals surface area contributed by atoms with Crippen LogP contribution in [0.5, 0.6) is 0 Å². The third-order valence-corrected chi connectivity index (χ3v) is 6.29. The molecule has 1 fully saturated rings. The first kappa shape index (κ1) is 19.3. The number of nitrogens with one attached hydrogen (secondary N) is 2. The first-order valence-corrected chi connectivity index (χ1v) is 10.6. The van der Waals surface area contributed by atoms with Gasteiger partial charge in [-0.3, -0.25) is 4.72 Å². The standard InChI is InChI=1S/C17H17ClN8O2S/c1-9-22-16(25-17(19)23-9)12-3-2-6-20-15(12)24-10-7-13(14(18)21-8-10)26-29(27,28)11-4-5-11/h2-3,6-8,11,26H,4-5H2,1H3,(H,20,24)(H2,19,22,23,25). The number of sulfonamides is 1. The van der Waals surface area contributed by atoms with Gasteiger partial charge in [0.15, 0.2) is 11.0 Å². The molecule has 3 aromatic heterocycles. The fourth-order valence-corrected chi connectivity index (χ4v) is 4.24. The summed E-state index contributed by atoms with van der Waals surface area (Å²) in [5.74, 6) is 1.39. The molecule has 0 aliphatic heterocycles. The summed E-state index contributed by atoms with van der Waals surface area (Å²) in [4.78, 5) is 20.8. The number of aromatic nitrogens is 5. The van der Waals surface area contributed by atoms with Crippen molar-refractivity contribution in [2.45, 2.75) is 25.0 Å². The van der Waals surface area contributed by atoms with Gasteiger partial charge in [-0.05, 0) is 38.0 Å². The lowest BCUT2D eigenvalue weighted by atomic mass is 10.2. The number of pyridine rings is 2. The van der Waals surface area contributed by atoms with E-state index in [-0.39, 0.29) is 22.0 Å². The largest absolute Gasteiger partial charge is 0.368 e. The Kier molecular flexibility index (Phi) is 4.92. The number of rotatable bonds is 6. The van der Waals surface area contributed by atoms with E-state index in [9.17, 15) is 8.42 Å². The maximum atomic E-state index is 12.2. The fraction of sp³-hybridized carbons (Fsp3) is 0.235. The minimum atomic E-state index is -3.47. The van der Waals surface area contributed by atoms with Crippen LogP contribution >= 0.6 is 11.6 Å². The molecule has 0 spiro atoms. The molecular weight excluding hydrogens is 416 g/mol. The van der Waals surface area contributed by atoms with E-state index in [1.165, 1.54) is 6.20 Å². The second-order valence-electron chi connectivity index (χ2n) is 6.50. The molecule has 0 bridgehead atoms. The van der Waals surface area contributed by atoms with Gasteiger partial charge in [0, 0.05) is 6.20 Å². The van der Waals surface area contributed by atoms with Crippen LogP contribution in [-0.4, -0.2) is 38.6 Å². The summed E-state index contributed by atoms with van der Waals surface area (Å²) < 4.78 is 26.9. The molecule has 4 N–H and O–H groups in total. The molecule has 0 unspecified atom stereocenters. The van der Waals surface area contributed by atoms with Crippen molar-refractivity contribution in [3.05, 3.63) is 41.6 Å². The summed E-state index contributed by atoms with van der Waals surface area (Å²) in [6.07, 6.45) is 4.36. The van der Waals surface area contributed by atoms with Crippen molar-refractivity contribution in [1.82, 2.24) is 24.9 Å². The summed E-state index contributed by atoms with van der Waals surface area (Å²) in [6, 6.07) is 5.08. The van der Waals surface area contributed by atoms with Gasteiger partial charge >= 0.3 is 0 Å². The molecule has 0 aromatic carbocycles. The highest BCUT2D eigenvalue weighted by Gasteiger charge is 2.36. The predicted molar refractivity (Wildman–Crippen MR) is 110 cm³/mol. The number of nitrogen functional groups attached to an aromatic ring is 1. The smallest absolute Gasteiger partial charge is 0.235 e. The fourth-order valence-electron chi connectivity index (χ4n) is 2.65. The number of hydrogen-bond acceptors (Lipinski definition) is 9. The molecule has 4 rings (SSSR count). The van der Waals surface area contributed by atoms with Gasteiger partial charge < -0.3 is 11.1 Å². The molecule has 150 valence electrons. The number of halogens is 1. The predicted octanol–water partition coefficient (Wildman–Crippen LogP) is 2.52. The summed E-state index contributed by atoms with van der Waals surface area (Å²) in [6.45, 7) is 1.71. The van der Waals surface area contributed by atoms with Crippen molar-refractivity contribution in [2.24, 2.45) is 0 Å². The number of nitrogens with zero attached hydrogens (tertiary/aromatic N) is 5. The SMILES string of the molecule is Cc1nc(N)nc(-c2cccnc2Nc2cnc(Cl)c(NS(=O)(=O)C3CC3)c2)n1. The van der Waals surface area contributed by atoms with Crippen molar-refractivity contribution in [3.63, 3.8) is 0 Å². The number of aryl methyl sites for hydroxylation is 1. The third kappa shape index (κ3) is 4.35. The molecule has 12 heteroatoms. The highest BCUT2D eigenvalue weighted by atomic mass is 35.5. The van der Waals surface area contributed by atoms with Gasteiger partial charge in [0.1, 0.15) is 11.6 Å². The Morgan fingerprint density at radius 2 is 2.00 bits per heavy atom. The van der Waals surface area contributed by atoms with Gasteiger partial charge in [0.2, 0.25) is 16.0 Å². The van der Waals surface area contributed by atoms with E-state index in [0.717, 1.165) is 0 Å². The average Bonchev–Trinajstić information content (AvgIpc) is 3.50. The van der Waals surface area contributed by atoms with Crippen molar-refractivity contribution in [2.75, 3.05) is 15.8 Å². The molecule has 0 amide bonds. The Morgan fingerprint density at radius 3 is 2.72 bits per heavy atom. The van der Waals surface area contributed by atoms with Crippen molar-refractivity contribution < 1.29 is 8.42 Å². The number of hydrogen-bond donors (Lipinski definition) is 3. The van der Waals surface area contributed by atoms with Crippen molar-refractivity contribution >= 4 is 44.8 Å². The van der Waals surface area contributed by atoms with Gasteiger partial charge in [-0.1, -0.05) is 11.6 Å². The van der Waals surface area contributed by atoms with Crippen LogP contribution in [0.2, 0.25) is 5.15 Å². The second kappa shape index (κ2) is 7.41. The summed E-state index contributed by atoms with van der Waals surface area (Å²) in [5.41, 5.74) is 7.01. The van der Waals surface area contributed by atoms with Gasteiger partial charge in [-0.15, -0.1) is 0 Å². The highest BCUT2D eigenvalue weighted by Crippen LogP contribution is 2.33. The van der Waals surface area contributed by atoms with E-state index >= 15 is 0 Å². The van der Waals surface area contributed by atoms with Crippen molar-refractivity contribution in [1.29, 1.82) is 0 Å². The minimum Gasteiger partial charge on any atom is -0.368 e. The monoisotopic (exact) mass is 432 g/mol. The second-order valence-corrected chi connectivity index (χ2v) is 8.82. The summed E-state index contributed by atoms with van der Waals surface area (Å²) in [5, 5.41) is 2.78. The van der Waals surface area contributed by atoms with E-state index in [4.69, 9.17) is 17.3 Å². The molecule has 0 radical (unpaired) electrons. The summed E-state index contributed by atoms with van der Waals surface area (Å²) >= 11 is 6.07. The van der Waals surface area contributed by atoms with Gasteiger partial charge in [-0.25, -0.2) is 23.4 Å². The summed E-state index contributed by atoms with van der Waals surface area (Å²) in [7, 11) is -3.47. The molecule has 1 saturated carbocycles. The zero-order chi connectivity index (χ0) is 20.6. The Balaban J connectivity index is 1.66. The Hall–Kier alpha value is -3.05. The molecule has 3 aromatic rings. The first-order valence-electron chi connectivity index (χ1n) is 8.69. The molecule has 1 aliphatic carbocycles. The molecular formula is C17H17ClN8O2S. The Morgan fingerprint density at radius 1 is 1.21 bits per heavy atom. The number of nitrogens with two attached hydrogens (primary N) is 1.